The lowest BCUT2D eigenvalue weighted by Gasteiger charge is -2.47. The minimum atomic E-state index is -1.44. The summed E-state index contributed by atoms with van der Waals surface area (Å²) in [7, 11) is 0. The number of carbonyl (C=O) groups excluding carboxylic acids is 1. The molecule has 0 bridgehead atoms. The molecule has 1 amide bonds. The van der Waals surface area contributed by atoms with Crippen molar-refractivity contribution in [2.24, 2.45) is 5.73 Å². The van der Waals surface area contributed by atoms with E-state index >= 15 is 0 Å². The minimum absolute atomic E-state index is 0.0894. The van der Waals surface area contributed by atoms with Crippen molar-refractivity contribution in [1.82, 2.24) is 14.9 Å². The fraction of sp³-hybridized carbons (Fsp3) is 0.267. The number of rotatable bonds is 4. The minimum Gasteiger partial charge on any atom is -0.449 e. The number of amides is 1. The van der Waals surface area contributed by atoms with E-state index in [9.17, 15) is 9.59 Å². The zero-order chi connectivity index (χ0) is 17.6. The van der Waals surface area contributed by atoms with Gasteiger partial charge in [-0.3, -0.25) is 9.69 Å². The third-order valence-electron chi connectivity index (χ3n) is 3.97. The van der Waals surface area contributed by atoms with Crippen LogP contribution in [0.5, 0.6) is 0 Å². The normalized spacial score (nSPS) is 22.8. The maximum atomic E-state index is 12.0. The molecule has 0 spiro atoms. The largest absolute Gasteiger partial charge is 0.512 e. The van der Waals surface area contributed by atoms with Crippen LogP contribution < -0.4 is 5.73 Å². The molecular weight excluding hydrogens is 364 g/mol. The van der Waals surface area contributed by atoms with Crippen LogP contribution in [0.2, 0.25) is 0 Å². The molecule has 2 aliphatic rings. The highest BCUT2D eigenvalue weighted by Gasteiger charge is 2.51. The molecule has 1 unspecified atom stereocenters. The number of nitrogens with one attached hydrogen (secondary N) is 1. The first-order valence-corrected chi connectivity index (χ1v) is 9.48. The van der Waals surface area contributed by atoms with Gasteiger partial charge >= 0.3 is 6.16 Å². The Hall–Kier alpha value is -2.17. The molecule has 4 N–H and O–H groups in total. The van der Waals surface area contributed by atoms with Gasteiger partial charge in [-0.15, -0.1) is 11.8 Å². The Labute approximate surface area is 150 Å². The highest BCUT2D eigenvalue weighted by molar-refractivity contribution is 8.01. The molecule has 2 aromatic rings. The number of carbonyl (C=O) groups is 2. The summed E-state index contributed by atoms with van der Waals surface area (Å²) >= 11 is 2.94. The zero-order valence-electron chi connectivity index (χ0n) is 12.8. The maximum Gasteiger partial charge on any atom is 0.512 e. The number of β-lactam (4-membered cyclic amide) rings is 1. The molecule has 0 radical (unpaired) electrons. The van der Waals surface area contributed by atoms with Crippen LogP contribution >= 0.6 is 23.5 Å². The van der Waals surface area contributed by atoms with E-state index in [1.54, 1.807) is 0 Å². The molecule has 2 aliphatic heterocycles. The lowest BCUT2D eigenvalue weighted by atomic mass is 10.1. The van der Waals surface area contributed by atoms with E-state index in [1.807, 2.05) is 24.3 Å². The van der Waals surface area contributed by atoms with Crippen LogP contribution in [0.3, 0.4) is 0 Å². The quantitative estimate of drug-likeness (QED) is 0.418. The topological polar surface area (TPSA) is 122 Å². The van der Waals surface area contributed by atoms with Crippen LogP contribution in [0, 0.1) is 0 Å². The Morgan fingerprint density at radius 1 is 1.52 bits per heavy atom. The zero-order valence-corrected chi connectivity index (χ0v) is 14.5. The first kappa shape index (κ1) is 16.3. The molecule has 2 atom stereocenters. The predicted molar refractivity (Wildman–Crippen MR) is 94.0 cm³/mol. The van der Waals surface area contributed by atoms with E-state index in [0.29, 0.717) is 11.5 Å². The van der Waals surface area contributed by atoms with Crippen molar-refractivity contribution in [2.45, 2.75) is 16.6 Å². The number of para-hydroxylation sites is 2. The van der Waals surface area contributed by atoms with Gasteiger partial charge < -0.3 is 20.6 Å². The second kappa shape index (κ2) is 6.28. The summed E-state index contributed by atoms with van der Waals surface area (Å²) in [6.07, 6.45) is -1.44. The molecule has 0 aliphatic carbocycles. The number of aromatic nitrogens is 2. The van der Waals surface area contributed by atoms with Gasteiger partial charge in [-0.05, 0) is 12.1 Å². The number of aromatic amines is 1. The summed E-state index contributed by atoms with van der Waals surface area (Å²) in [5.74, 6) is 0.783. The van der Waals surface area contributed by atoms with Crippen LogP contribution in [0.25, 0.3) is 11.0 Å². The molecule has 4 rings (SSSR count). The molecule has 1 fully saturated rings. The van der Waals surface area contributed by atoms with Crippen molar-refractivity contribution in [1.29, 1.82) is 0 Å². The summed E-state index contributed by atoms with van der Waals surface area (Å²) in [5, 5.41) is 9.45. The lowest BCUT2D eigenvalue weighted by Crippen LogP contribution is -2.68. The number of hydrogen-bond donors (Lipinski definition) is 3. The third-order valence-corrected chi connectivity index (χ3v) is 6.29. The summed E-state index contributed by atoms with van der Waals surface area (Å²) in [6.45, 7) is 0. The molecule has 25 heavy (non-hydrogen) atoms. The van der Waals surface area contributed by atoms with Crippen LogP contribution in [0.4, 0.5) is 4.79 Å². The van der Waals surface area contributed by atoms with E-state index in [0.717, 1.165) is 21.8 Å². The Morgan fingerprint density at radius 3 is 3.08 bits per heavy atom. The summed E-state index contributed by atoms with van der Waals surface area (Å²) in [6, 6.07) is 7.07. The fourth-order valence-corrected chi connectivity index (χ4v) is 5.04. The van der Waals surface area contributed by atoms with Gasteiger partial charge in [0.05, 0.1) is 11.0 Å². The van der Waals surface area contributed by atoms with E-state index in [2.05, 4.69) is 9.97 Å². The average molecular weight is 378 g/mol. The first-order valence-electron chi connectivity index (χ1n) is 7.45. The molecule has 0 saturated carbocycles. The van der Waals surface area contributed by atoms with Crippen molar-refractivity contribution in [3.05, 3.63) is 35.7 Å². The average Bonchev–Trinajstić information content (AvgIpc) is 3.02. The van der Waals surface area contributed by atoms with Crippen molar-refractivity contribution in [3.8, 4) is 0 Å². The SMILES string of the molecule is NC1C(=O)N2C(OC(=O)O)=C(CSc3nc4ccccc4[nH]3)CS[C@@H]12. The van der Waals surface area contributed by atoms with Crippen molar-refractivity contribution in [3.63, 3.8) is 0 Å². The molecule has 3 heterocycles. The monoisotopic (exact) mass is 378 g/mol. The number of H-pyrrole nitrogens is 1. The summed E-state index contributed by atoms with van der Waals surface area (Å²) in [5.41, 5.74) is 8.29. The molecule has 1 aromatic carbocycles. The van der Waals surface area contributed by atoms with Crippen molar-refractivity contribution in [2.75, 3.05) is 11.5 Å². The Morgan fingerprint density at radius 2 is 2.32 bits per heavy atom. The number of nitrogens with zero attached hydrogens (tertiary/aromatic N) is 2. The van der Waals surface area contributed by atoms with E-state index in [4.69, 9.17) is 15.6 Å². The number of hydrogen-bond acceptors (Lipinski definition) is 7. The highest BCUT2D eigenvalue weighted by Crippen LogP contribution is 2.41. The van der Waals surface area contributed by atoms with Crippen LogP contribution in [-0.2, 0) is 9.53 Å². The number of ether oxygens (including phenoxy) is 1. The third kappa shape index (κ3) is 2.86. The lowest BCUT2D eigenvalue weighted by molar-refractivity contribution is -0.144. The Bertz CT molecular complexity index is 864. The smallest absolute Gasteiger partial charge is 0.449 e. The van der Waals surface area contributed by atoms with Gasteiger partial charge in [-0.1, -0.05) is 23.9 Å². The molecule has 1 saturated heterocycles. The van der Waals surface area contributed by atoms with Crippen molar-refractivity contribution >= 4 is 46.6 Å². The predicted octanol–water partition coefficient (Wildman–Crippen LogP) is 1.80. The second-order valence-corrected chi connectivity index (χ2v) is 7.63. The van der Waals surface area contributed by atoms with E-state index < -0.39 is 12.2 Å². The van der Waals surface area contributed by atoms with Crippen LogP contribution in [-0.4, -0.2) is 55.0 Å². The van der Waals surface area contributed by atoms with Gasteiger partial charge in [0.1, 0.15) is 11.4 Å². The number of carboxylic acid groups (broad SMARTS) is 1. The molecule has 8 nitrogen and oxygen atoms in total. The molecule has 130 valence electrons. The van der Waals surface area contributed by atoms with Crippen molar-refractivity contribution < 1.29 is 19.4 Å². The fourth-order valence-electron chi connectivity index (χ4n) is 2.76. The summed E-state index contributed by atoms with van der Waals surface area (Å²) < 4.78 is 4.89. The molecule has 1 aromatic heterocycles. The number of imidazole rings is 1. The van der Waals surface area contributed by atoms with Gasteiger partial charge in [-0.25, -0.2) is 9.78 Å². The Kier molecular flexibility index (Phi) is 4.10. The summed E-state index contributed by atoms with van der Waals surface area (Å²) in [4.78, 5) is 32.0. The number of benzene rings is 1. The van der Waals surface area contributed by atoms with E-state index in [1.165, 1.54) is 28.4 Å². The van der Waals surface area contributed by atoms with Crippen LogP contribution in [0.15, 0.2) is 40.9 Å². The van der Waals surface area contributed by atoms with Gasteiger partial charge in [-0.2, -0.15) is 0 Å². The van der Waals surface area contributed by atoms with Gasteiger partial charge in [0.15, 0.2) is 5.16 Å². The number of fused-ring (bicyclic) bond motifs is 2. The maximum absolute atomic E-state index is 12.0. The van der Waals surface area contributed by atoms with Gasteiger partial charge in [0.2, 0.25) is 11.8 Å². The van der Waals surface area contributed by atoms with Gasteiger partial charge in [0.25, 0.3) is 0 Å². The first-order chi connectivity index (χ1) is 12.0. The Balaban J connectivity index is 1.56. The number of thioether (sulfide) groups is 2. The van der Waals surface area contributed by atoms with E-state index in [-0.39, 0.29) is 17.2 Å². The standard InChI is InChI=1S/C15H14N4O4S2/c16-10-11(20)19-12(23-15(21)22)7(5-24-13(10)19)6-25-14-17-8-3-1-2-4-9(8)18-14/h1-4,10,13H,5-6,16H2,(H,17,18)(H,21,22)/t10?,13-/m0/s1. The molecular formula is C15H14N4O4S2. The van der Waals surface area contributed by atoms with Gasteiger partial charge in [0, 0.05) is 17.1 Å². The second-order valence-electron chi connectivity index (χ2n) is 5.56. The molecule has 10 heteroatoms. The van der Waals surface area contributed by atoms with Crippen LogP contribution in [0.1, 0.15) is 0 Å². The number of nitrogens with two attached hydrogens (primary N) is 1. The highest BCUT2D eigenvalue weighted by atomic mass is 32.2.